The van der Waals surface area contributed by atoms with Gasteiger partial charge in [-0.3, -0.25) is 0 Å². The highest BCUT2D eigenvalue weighted by Gasteiger charge is 2.04. The summed E-state index contributed by atoms with van der Waals surface area (Å²) in [6.45, 7) is 0. The number of aromatic nitrogens is 2. The average Bonchev–Trinajstić information content (AvgIpc) is 3.11. The van der Waals surface area contributed by atoms with Crippen LogP contribution in [0.4, 0.5) is 0 Å². The molecule has 0 atom stereocenters. The van der Waals surface area contributed by atoms with Crippen LogP contribution < -0.4 is 9.31 Å². The number of nitrogens with zero attached hydrogens (tertiary/aromatic N) is 2. The minimum Gasteiger partial charge on any atom is -0.529 e. The second-order valence-electron chi connectivity index (χ2n) is 5.70. The van der Waals surface area contributed by atoms with Crippen LogP contribution in [0.5, 0.6) is 11.5 Å². The lowest BCUT2D eigenvalue weighted by molar-refractivity contribution is 0.460. The summed E-state index contributed by atoms with van der Waals surface area (Å²) in [5.74, 6) is 1.62. The van der Waals surface area contributed by atoms with E-state index in [0.29, 0.717) is 0 Å². The van der Waals surface area contributed by atoms with Gasteiger partial charge in [0.25, 0.3) is 0 Å². The minimum absolute atomic E-state index is 0.191. The van der Waals surface area contributed by atoms with Crippen molar-refractivity contribution < 1.29 is 9.31 Å². The zero-order chi connectivity index (χ0) is 15.8. The highest BCUT2D eigenvalue weighted by atomic mass is 16.6. The van der Waals surface area contributed by atoms with E-state index in [9.17, 15) is 0 Å². The smallest absolute Gasteiger partial charge is 0.529 e. The lowest BCUT2D eigenvalue weighted by Crippen LogP contribution is -2.10. The van der Waals surface area contributed by atoms with Crippen molar-refractivity contribution >= 4 is 29.5 Å². The van der Waals surface area contributed by atoms with Crippen LogP contribution in [0.15, 0.2) is 60.9 Å². The van der Waals surface area contributed by atoms with Crippen molar-refractivity contribution in [2.75, 3.05) is 0 Å². The Morgan fingerprint density at radius 2 is 1.17 bits per heavy atom. The Bertz CT molecular complexity index is 907. The standard InChI is InChI=1S/C18H17BN2O2/c1-20-9-7-13-11-15(3-5-17(13)20)22-19-23-16-4-6-18-14(12-16)8-10-21(18)2/h3-12,19H,1-2H3. The molecule has 5 heteroatoms. The van der Waals surface area contributed by atoms with E-state index in [1.807, 2.05) is 50.8 Å². The Morgan fingerprint density at radius 1 is 0.696 bits per heavy atom. The molecular formula is C18H17BN2O2. The van der Waals surface area contributed by atoms with Gasteiger partial charge in [-0.15, -0.1) is 0 Å². The van der Waals surface area contributed by atoms with Crippen molar-refractivity contribution in [3.8, 4) is 11.5 Å². The van der Waals surface area contributed by atoms with Gasteiger partial charge in [-0.1, -0.05) is 0 Å². The van der Waals surface area contributed by atoms with E-state index in [1.165, 1.54) is 11.0 Å². The number of fused-ring (bicyclic) bond motifs is 2. The maximum absolute atomic E-state index is 5.71. The zero-order valence-corrected chi connectivity index (χ0v) is 13.2. The number of hydrogen-bond acceptors (Lipinski definition) is 2. The molecule has 0 aliphatic rings. The summed E-state index contributed by atoms with van der Waals surface area (Å²) in [6, 6.07) is 16.2. The largest absolute Gasteiger partial charge is 0.576 e. The molecule has 114 valence electrons. The number of rotatable bonds is 4. The van der Waals surface area contributed by atoms with Crippen LogP contribution in [0.2, 0.25) is 0 Å². The first kappa shape index (κ1) is 13.8. The van der Waals surface area contributed by atoms with Crippen molar-refractivity contribution in [3.05, 3.63) is 60.9 Å². The number of hydrogen-bond donors (Lipinski definition) is 0. The van der Waals surface area contributed by atoms with Gasteiger partial charge in [-0.05, 0) is 48.5 Å². The maximum Gasteiger partial charge on any atom is 0.576 e. The van der Waals surface area contributed by atoms with Crippen LogP contribution >= 0.6 is 0 Å². The first-order chi connectivity index (χ1) is 11.2. The third-order valence-electron chi connectivity index (χ3n) is 4.16. The number of aryl methyl sites for hydroxylation is 2. The fourth-order valence-corrected chi connectivity index (χ4v) is 2.86. The van der Waals surface area contributed by atoms with E-state index in [2.05, 4.69) is 33.4 Å². The molecule has 0 unspecified atom stereocenters. The summed E-state index contributed by atoms with van der Waals surface area (Å²) in [4.78, 5) is 0. The summed E-state index contributed by atoms with van der Waals surface area (Å²) in [5, 5.41) is 2.33. The van der Waals surface area contributed by atoms with Crippen LogP contribution in [-0.4, -0.2) is 16.8 Å². The lowest BCUT2D eigenvalue weighted by Gasteiger charge is -2.08. The van der Waals surface area contributed by atoms with Crippen molar-refractivity contribution in [2.24, 2.45) is 14.1 Å². The predicted octanol–water partition coefficient (Wildman–Crippen LogP) is 3.39. The van der Waals surface area contributed by atoms with E-state index in [1.54, 1.807) is 0 Å². The minimum atomic E-state index is 0.191. The summed E-state index contributed by atoms with van der Waals surface area (Å²) in [5.41, 5.74) is 2.38. The van der Waals surface area contributed by atoms with Crippen LogP contribution in [0.25, 0.3) is 21.8 Å². The first-order valence-corrected chi connectivity index (χ1v) is 7.56. The van der Waals surface area contributed by atoms with Gasteiger partial charge in [0.1, 0.15) is 11.5 Å². The Kier molecular flexibility index (Phi) is 3.26. The van der Waals surface area contributed by atoms with Gasteiger partial charge in [0.05, 0.1) is 0 Å². The summed E-state index contributed by atoms with van der Waals surface area (Å²) in [6.07, 6.45) is 4.08. The molecule has 0 amide bonds. The molecule has 0 fully saturated rings. The third-order valence-corrected chi connectivity index (χ3v) is 4.16. The fourth-order valence-electron chi connectivity index (χ4n) is 2.86. The topological polar surface area (TPSA) is 28.3 Å². The SMILES string of the molecule is Cn1ccc2cc(OBOc3ccc4c(ccn4C)c3)ccc21. The molecule has 4 aromatic rings. The Morgan fingerprint density at radius 3 is 1.65 bits per heavy atom. The molecular weight excluding hydrogens is 287 g/mol. The second kappa shape index (κ2) is 5.43. The molecule has 4 rings (SSSR count). The third kappa shape index (κ3) is 2.54. The van der Waals surface area contributed by atoms with E-state index >= 15 is 0 Å². The predicted molar refractivity (Wildman–Crippen MR) is 94.2 cm³/mol. The van der Waals surface area contributed by atoms with Gasteiger partial charge >= 0.3 is 7.69 Å². The van der Waals surface area contributed by atoms with Crippen LogP contribution in [0.1, 0.15) is 0 Å². The molecule has 4 nitrogen and oxygen atoms in total. The Hall–Kier alpha value is -2.82. The van der Waals surface area contributed by atoms with Gasteiger partial charge < -0.3 is 18.4 Å². The molecule has 0 N–H and O–H groups in total. The van der Waals surface area contributed by atoms with Gasteiger partial charge in [0, 0.05) is 48.3 Å². The molecule has 0 aliphatic carbocycles. The van der Waals surface area contributed by atoms with Gasteiger partial charge in [0.15, 0.2) is 0 Å². The molecule has 0 aliphatic heterocycles. The quantitative estimate of drug-likeness (QED) is 0.541. The summed E-state index contributed by atoms with van der Waals surface area (Å²) < 4.78 is 15.6. The van der Waals surface area contributed by atoms with Crippen LogP contribution in [-0.2, 0) is 14.1 Å². The van der Waals surface area contributed by atoms with Crippen LogP contribution in [0.3, 0.4) is 0 Å². The molecule has 23 heavy (non-hydrogen) atoms. The molecule has 0 saturated carbocycles. The molecule has 2 heterocycles. The lowest BCUT2D eigenvalue weighted by atomic mass is 10.2. The normalized spacial score (nSPS) is 11.0. The maximum atomic E-state index is 5.71. The molecule has 0 spiro atoms. The molecule has 0 saturated heterocycles. The number of benzene rings is 2. The Labute approximate surface area is 135 Å². The molecule has 0 radical (unpaired) electrons. The highest BCUT2D eigenvalue weighted by Crippen LogP contribution is 2.23. The highest BCUT2D eigenvalue weighted by molar-refractivity contribution is 6.20. The van der Waals surface area contributed by atoms with Crippen LogP contribution in [0, 0.1) is 0 Å². The average molecular weight is 304 g/mol. The van der Waals surface area contributed by atoms with E-state index < -0.39 is 0 Å². The molecule has 2 aromatic carbocycles. The zero-order valence-electron chi connectivity index (χ0n) is 13.2. The fraction of sp³-hybridized carbons (Fsp3) is 0.111. The van der Waals surface area contributed by atoms with Crippen molar-refractivity contribution in [1.82, 2.24) is 9.13 Å². The van der Waals surface area contributed by atoms with Gasteiger partial charge in [-0.25, -0.2) is 0 Å². The van der Waals surface area contributed by atoms with Crippen molar-refractivity contribution in [2.45, 2.75) is 0 Å². The molecule has 0 bridgehead atoms. The monoisotopic (exact) mass is 304 g/mol. The summed E-state index contributed by atoms with van der Waals surface area (Å²) in [7, 11) is 4.26. The second-order valence-corrected chi connectivity index (χ2v) is 5.70. The molecule has 2 aromatic heterocycles. The van der Waals surface area contributed by atoms with E-state index in [4.69, 9.17) is 9.31 Å². The summed E-state index contributed by atoms with van der Waals surface area (Å²) >= 11 is 0. The first-order valence-electron chi connectivity index (χ1n) is 7.56. The van der Waals surface area contributed by atoms with Gasteiger partial charge in [0.2, 0.25) is 0 Å². The van der Waals surface area contributed by atoms with E-state index in [-0.39, 0.29) is 7.69 Å². The van der Waals surface area contributed by atoms with Crippen molar-refractivity contribution in [3.63, 3.8) is 0 Å². The van der Waals surface area contributed by atoms with Gasteiger partial charge in [-0.2, -0.15) is 0 Å². The Balaban J connectivity index is 1.45. The van der Waals surface area contributed by atoms with E-state index in [0.717, 1.165) is 22.3 Å². The van der Waals surface area contributed by atoms with Crippen molar-refractivity contribution in [1.29, 1.82) is 0 Å².